The maximum absolute atomic E-state index is 13.1. The summed E-state index contributed by atoms with van der Waals surface area (Å²) >= 11 is 0. The minimum Gasteiger partial charge on any atom is -0.311 e. The normalized spacial score (nSPS) is 12.1. The van der Waals surface area contributed by atoms with Crippen LogP contribution in [0.1, 0.15) is 16.7 Å². The van der Waals surface area contributed by atoms with Gasteiger partial charge in [0.05, 0.1) is 11.1 Å². The molecule has 0 saturated heterocycles. The van der Waals surface area contributed by atoms with Crippen molar-refractivity contribution in [2.24, 2.45) is 7.05 Å². The summed E-state index contributed by atoms with van der Waals surface area (Å²) in [7, 11) is 1.48. The Morgan fingerprint density at radius 3 is 2.33 bits per heavy atom. The summed E-state index contributed by atoms with van der Waals surface area (Å²) in [6, 6.07) is 4.78. The molecule has 0 unspecified atom stereocenters. The van der Waals surface area contributed by atoms with Crippen LogP contribution >= 0.6 is 0 Å². The molecule has 1 heterocycles. The van der Waals surface area contributed by atoms with Gasteiger partial charge in [0.2, 0.25) is 0 Å². The number of aromatic nitrogens is 1. The topological polar surface area (TPSA) is 22.0 Å². The number of nitrogens with zero attached hydrogens (tertiary/aromatic N) is 1. The largest absolute Gasteiger partial charge is 0.417 e. The SMILES string of the molecule is Cc1c(C(F)(F)F)c2c(C)cccc2n(C)c1=O. The van der Waals surface area contributed by atoms with Crippen LogP contribution in [0.3, 0.4) is 0 Å². The molecule has 0 bridgehead atoms. The molecule has 0 spiro atoms. The van der Waals surface area contributed by atoms with Gasteiger partial charge in [-0.25, -0.2) is 0 Å². The van der Waals surface area contributed by atoms with Gasteiger partial charge in [0.1, 0.15) is 0 Å². The van der Waals surface area contributed by atoms with Crippen LogP contribution in [0.15, 0.2) is 23.0 Å². The Labute approximate surface area is 102 Å². The summed E-state index contributed by atoms with van der Waals surface area (Å²) in [5.74, 6) is 0. The fourth-order valence-corrected chi connectivity index (χ4v) is 2.27. The summed E-state index contributed by atoms with van der Waals surface area (Å²) in [4.78, 5) is 11.8. The van der Waals surface area contributed by atoms with E-state index in [1.165, 1.54) is 24.6 Å². The molecule has 2 aromatic rings. The van der Waals surface area contributed by atoms with Crippen LogP contribution in [0.25, 0.3) is 10.9 Å². The van der Waals surface area contributed by atoms with Gasteiger partial charge >= 0.3 is 6.18 Å². The van der Waals surface area contributed by atoms with Crippen molar-refractivity contribution in [3.8, 4) is 0 Å². The van der Waals surface area contributed by atoms with E-state index in [0.29, 0.717) is 11.1 Å². The van der Waals surface area contributed by atoms with E-state index in [1.54, 1.807) is 19.1 Å². The van der Waals surface area contributed by atoms with Gasteiger partial charge in [-0.05, 0) is 25.5 Å². The van der Waals surface area contributed by atoms with Crippen molar-refractivity contribution in [3.05, 3.63) is 45.2 Å². The predicted molar refractivity (Wildman–Crippen MR) is 63.7 cm³/mol. The Morgan fingerprint density at radius 2 is 1.78 bits per heavy atom. The molecule has 0 amide bonds. The Balaban J connectivity index is 3.15. The molecular weight excluding hydrogens is 243 g/mol. The van der Waals surface area contributed by atoms with Gasteiger partial charge in [0, 0.05) is 18.0 Å². The molecule has 0 aliphatic heterocycles. The van der Waals surface area contributed by atoms with E-state index >= 15 is 0 Å². The zero-order chi connectivity index (χ0) is 13.7. The van der Waals surface area contributed by atoms with Gasteiger partial charge in [0.15, 0.2) is 0 Å². The van der Waals surface area contributed by atoms with Crippen molar-refractivity contribution < 1.29 is 13.2 Å². The minimum atomic E-state index is -4.53. The van der Waals surface area contributed by atoms with Crippen LogP contribution in [-0.4, -0.2) is 4.57 Å². The highest BCUT2D eigenvalue weighted by molar-refractivity contribution is 5.87. The molecule has 0 saturated carbocycles. The fraction of sp³-hybridized carbons (Fsp3) is 0.308. The Morgan fingerprint density at radius 1 is 1.17 bits per heavy atom. The number of benzene rings is 1. The second-order valence-corrected chi connectivity index (χ2v) is 4.33. The van der Waals surface area contributed by atoms with Crippen LogP contribution in [0.5, 0.6) is 0 Å². The third kappa shape index (κ3) is 1.70. The quantitative estimate of drug-likeness (QED) is 0.708. The molecule has 0 atom stereocenters. The first kappa shape index (κ1) is 12.7. The maximum Gasteiger partial charge on any atom is 0.417 e. The van der Waals surface area contributed by atoms with E-state index in [9.17, 15) is 18.0 Å². The molecule has 0 N–H and O–H groups in total. The number of hydrogen-bond donors (Lipinski definition) is 0. The van der Waals surface area contributed by atoms with Gasteiger partial charge in [-0.2, -0.15) is 13.2 Å². The molecule has 0 fully saturated rings. The molecule has 5 heteroatoms. The van der Waals surface area contributed by atoms with Gasteiger partial charge in [-0.15, -0.1) is 0 Å². The maximum atomic E-state index is 13.1. The van der Waals surface area contributed by atoms with E-state index in [4.69, 9.17) is 0 Å². The van der Waals surface area contributed by atoms with Crippen LogP contribution in [0.2, 0.25) is 0 Å². The first-order valence-electron chi connectivity index (χ1n) is 5.41. The molecule has 2 nitrogen and oxygen atoms in total. The Kier molecular flexibility index (Phi) is 2.72. The van der Waals surface area contributed by atoms with E-state index in [0.717, 1.165) is 0 Å². The monoisotopic (exact) mass is 255 g/mol. The van der Waals surface area contributed by atoms with Gasteiger partial charge < -0.3 is 4.57 Å². The van der Waals surface area contributed by atoms with Gasteiger partial charge in [-0.1, -0.05) is 12.1 Å². The van der Waals surface area contributed by atoms with Crippen molar-refractivity contribution in [2.45, 2.75) is 20.0 Å². The second-order valence-electron chi connectivity index (χ2n) is 4.33. The number of hydrogen-bond acceptors (Lipinski definition) is 1. The third-order valence-electron chi connectivity index (χ3n) is 3.15. The van der Waals surface area contributed by atoms with Crippen molar-refractivity contribution in [1.29, 1.82) is 0 Å². The molecule has 1 aromatic heterocycles. The predicted octanol–water partition coefficient (Wildman–Crippen LogP) is 3.17. The van der Waals surface area contributed by atoms with E-state index in [-0.39, 0.29) is 10.9 Å². The lowest BCUT2D eigenvalue weighted by Gasteiger charge is -2.17. The average molecular weight is 255 g/mol. The highest BCUT2D eigenvalue weighted by Gasteiger charge is 2.36. The van der Waals surface area contributed by atoms with Crippen LogP contribution in [0, 0.1) is 13.8 Å². The fourth-order valence-electron chi connectivity index (χ4n) is 2.27. The highest BCUT2D eigenvalue weighted by Crippen LogP contribution is 2.37. The zero-order valence-corrected chi connectivity index (χ0v) is 10.2. The van der Waals surface area contributed by atoms with E-state index < -0.39 is 17.3 Å². The van der Waals surface area contributed by atoms with Crippen molar-refractivity contribution in [2.75, 3.05) is 0 Å². The van der Waals surface area contributed by atoms with Crippen molar-refractivity contribution in [3.63, 3.8) is 0 Å². The molecule has 2 rings (SSSR count). The smallest absolute Gasteiger partial charge is 0.311 e. The molecule has 96 valence electrons. The van der Waals surface area contributed by atoms with E-state index in [2.05, 4.69) is 0 Å². The zero-order valence-electron chi connectivity index (χ0n) is 10.2. The highest BCUT2D eigenvalue weighted by atomic mass is 19.4. The summed E-state index contributed by atoms with van der Waals surface area (Å²) < 4.78 is 40.6. The molecular formula is C13H12F3NO. The molecule has 0 radical (unpaired) electrons. The van der Waals surface area contributed by atoms with Crippen LogP contribution < -0.4 is 5.56 Å². The van der Waals surface area contributed by atoms with Gasteiger partial charge in [0.25, 0.3) is 5.56 Å². The van der Waals surface area contributed by atoms with Crippen LogP contribution in [0.4, 0.5) is 13.2 Å². The number of aryl methyl sites for hydroxylation is 2. The van der Waals surface area contributed by atoms with Gasteiger partial charge in [-0.3, -0.25) is 4.79 Å². The standard InChI is InChI=1S/C13H12F3NO/c1-7-5-4-6-9-10(7)11(13(14,15)16)8(2)12(18)17(9)3/h4-6H,1-3H3. The lowest BCUT2D eigenvalue weighted by atomic mass is 9.99. The van der Waals surface area contributed by atoms with Crippen LogP contribution in [-0.2, 0) is 13.2 Å². The number of rotatable bonds is 0. The lowest BCUT2D eigenvalue weighted by Crippen LogP contribution is -2.25. The first-order valence-corrected chi connectivity index (χ1v) is 5.41. The molecule has 0 aliphatic rings. The minimum absolute atomic E-state index is 0.101. The summed E-state index contributed by atoms with van der Waals surface area (Å²) in [5.41, 5.74) is -0.873. The molecule has 1 aromatic carbocycles. The van der Waals surface area contributed by atoms with E-state index in [1.807, 2.05) is 0 Å². The summed E-state index contributed by atoms with van der Waals surface area (Å²) in [5, 5.41) is 0.101. The van der Waals surface area contributed by atoms with Crippen molar-refractivity contribution >= 4 is 10.9 Å². The lowest BCUT2D eigenvalue weighted by molar-refractivity contribution is -0.136. The Hall–Kier alpha value is -1.78. The Bertz CT molecular complexity index is 683. The summed E-state index contributed by atoms with van der Waals surface area (Å²) in [6.07, 6.45) is -4.53. The number of halogens is 3. The third-order valence-corrected chi connectivity index (χ3v) is 3.15. The molecule has 0 aliphatic carbocycles. The number of pyridine rings is 1. The first-order chi connectivity index (χ1) is 8.25. The second kappa shape index (κ2) is 3.86. The number of fused-ring (bicyclic) bond motifs is 1. The summed E-state index contributed by atoms with van der Waals surface area (Å²) in [6.45, 7) is 2.83. The average Bonchev–Trinajstić information content (AvgIpc) is 2.26. The number of alkyl halides is 3. The molecule has 18 heavy (non-hydrogen) atoms. The van der Waals surface area contributed by atoms with Crippen molar-refractivity contribution in [1.82, 2.24) is 4.57 Å².